The number of hydrogen-bond donors (Lipinski definition) is 0. The lowest BCUT2D eigenvalue weighted by atomic mass is 9.88. The van der Waals surface area contributed by atoms with E-state index in [-0.39, 0.29) is 85.1 Å². The molecule has 55 heavy (non-hydrogen) atoms. The van der Waals surface area contributed by atoms with E-state index in [0.717, 1.165) is 36.8 Å². The molecule has 0 aromatic heterocycles. The van der Waals surface area contributed by atoms with Gasteiger partial charge in [0, 0.05) is 34.8 Å². The average Bonchev–Trinajstić information content (AvgIpc) is 4.00. The molecule has 2 heterocycles. The monoisotopic (exact) mass is 756 g/mol. The van der Waals surface area contributed by atoms with Gasteiger partial charge in [0.15, 0.2) is 6.61 Å². The number of carbonyl (C=O) groups excluding carboxylic acids is 6. The molecule has 2 aliphatic heterocycles. The summed E-state index contributed by atoms with van der Waals surface area (Å²) in [5.41, 5.74) is 2.67. The molecule has 2 aromatic carbocycles. The largest absolute Gasteiger partial charge is 0.482 e. The Morgan fingerprint density at radius 2 is 1.29 bits per heavy atom. The van der Waals surface area contributed by atoms with Crippen LogP contribution in [0.3, 0.4) is 0 Å². The molecule has 2 aromatic rings. The van der Waals surface area contributed by atoms with Gasteiger partial charge in [-0.05, 0) is 81.8 Å². The number of rotatable bonds is 12. The molecule has 6 fully saturated rings. The van der Waals surface area contributed by atoms with Crippen LogP contribution in [0.2, 0.25) is 0 Å². The smallest absolute Gasteiger partial charge is 0.344 e. The Morgan fingerprint density at radius 1 is 0.745 bits per heavy atom. The van der Waals surface area contributed by atoms with Gasteiger partial charge in [-0.3, -0.25) is 9.59 Å². The van der Waals surface area contributed by atoms with Crippen molar-refractivity contribution in [3.63, 3.8) is 0 Å². The van der Waals surface area contributed by atoms with Crippen molar-refractivity contribution in [2.45, 2.75) is 83.6 Å². The van der Waals surface area contributed by atoms with Crippen LogP contribution in [0, 0.1) is 35.5 Å². The summed E-state index contributed by atoms with van der Waals surface area (Å²) in [5.74, 6) is -0.778. The van der Waals surface area contributed by atoms with E-state index in [1.54, 1.807) is 69.3 Å². The molecule has 4 aliphatic carbocycles. The molecule has 8 rings (SSSR count). The first kappa shape index (κ1) is 37.8. The van der Waals surface area contributed by atoms with Crippen LogP contribution in [0.5, 0.6) is 5.75 Å². The molecule has 0 spiro atoms. The molecule has 290 valence electrons. The summed E-state index contributed by atoms with van der Waals surface area (Å²) in [6, 6.07) is 13.7. The van der Waals surface area contributed by atoms with Gasteiger partial charge in [-0.25, -0.2) is 19.2 Å². The predicted octanol–water partition coefficient (Wildman–Crippen LogP) is 5.15. The van der Waals surface area contributed by atoms with Gasteiger partial charge in [-0.2, -0.15) is 0 Å². The molecule has 0 N–H and O–H groups in total. The molecule has 0 radical (unpaired) electrons. The lowest BCUT2D eigenvalue weighted by molar-refractivity contribution is -0.163. The van der Waals surface area contributed by atoms with Crippen molar-refractivity contribution in [3.05, 3.63) is 89.5 Å². The van der Waals surface area contributed by atoms with Gasteiger partial charge in [0.25, 0.3) is 0 Å². The minimum Gasteiger partial charge on any atom is -0.482 e. The standard InChI is InChI=1S/C22H24O7.C20H20O6/c1-11(2)21(24)27-12(3)13-4-6-15(7-5-13)26-10-18(23)28-19-14-8-16-17(9-14)22(25)29-20(16)19;1-10(2)18(21)24-9-11-3-5-12(6-4-11)19(22)25-16-13-7-14-15(8-13)20(23)26-17(14)16/h4-7,12,14,16-17,19-20H,1,8-10H2,2-3H3;3-6,13-17H,1,7-9H2,2H3. The highest BCUT2D eigenvalue weighted by Gasteiger charge is 2.64. The Hall–Kier alpha value is -5.46. The minimum atomic E-state index is -0.477. The second-order valence-corrected chi connectivity index (χ2v) is 15.4. The van der Waals surface area contributed by atoms with E-state index in [2.05, 4.69) is 13.2 Å². The highest BCUT2D eigenvalue weighted by Crippen LogP contribution is 2.56. The van der Waals surface area contributed by atoms with Crippen LogP contribution in [0.1, 0.15) is 74.0 Å². The number of fused-ring (bicyclic) bond motifs is 2. The van der Waals surface area contributed by atoms with Crippen LogP contribution in [0.15, 0.2) is 72.8 Å². The molecule has 2 saturated heterocycles. The van der Waals surface area contributed by atoms with E-state index in [1.165, 1.54) is 0 Å². The maximum atomic E-state index is 12.4. The fraction of sp³-hybridized carbons (Fsp3) is 0.476. The van der Waals surface area contributed by atoms with E-state index in [4.69, 9.17) is 33.2 Å². The van der Waals surface area contributed by atoms with Crippen molar-refractivity contribution in [1.82, 2.24) is 0 Å². The number of esters is 6. The van der Waals surface area contributed by atoms with E-state index >= 15 is 0 Å². The van der Waals surface area contributed by atoms with Gasteiger partial charge in [0.05, 0.1) is 17.4 Å². The van der Waals surface area contributed by atoms with Gasteiger partial charge >= 0.3 is 35.8 Å². The van der Waals surface area contributed by atoms with E-state index in [0.29, 0.717) is 22.5 Å². The van der Waals surface area contributed by atoms with E-state index in [9.17, 15) is 28.8 Å². The number of hydrogen-bond acceptors (Lipinski definition) is 13. The van der Waals surface area contributed by atoms with Gasteiger partial charge < -0.3 is 33.2 Å². The average molecular weight is 757 g/mol. The maximum Gasteiger partial charge on any atom is 0.344 e. The topological polar surface area (TPSA) is 167 Å². The molecular formula is C42H44O13. The van der Waals surface area contributed by atoms with Crippen molar-refractivity contribution in [2.24, 2.45) is 35.5 Å². The summed E-state index contributed by atoms with van der Waals surface area (Å²) in [7, 11) is 0. The minimum absolute atomic E-state index is 0.00106. The van der Waals surface area contributed by atoms with Gasteiger partial charge in [0.2, 0.25) is 0 Å². The van der Waals surface area contributed by atoms with Crippen LogP contribution in [0.4, 0.5) is 0 Å². The second kappa shape index (κ2) is 15.3. The third-order valence-electron chi connectivity index (χ3n) is 11.6. The maximum absolute atomic E-state index is 12.4. The van der Waals surface area contributed by atoms with Crippen molar-refractivity contribution < 1.29 is 61.9 Å². The molecule has 0 amide bonds. The first-order valence-corrected chi connectivity index (χ1v) is 18.6. The molecule has 13 nitrogen and oxygen atoms in total. The summed E-state index contributed by atoms with van der Waals surface area (Å²) < 4.78 is 37.9. The zero-order valence-electron chi connectivity index (χ0n) is 30.9. The third kappa shape index (κ3) is 7.74. The van der Waals surface area contributed by atoms with Crippen molar-refractivity contribution in [2.75, 3.05) is 6.61 Å². The SMILES string of the molecule is C=C(C)C(=O)OC(C)c1ccc(OCC(=O)OC2C3CC4C(=O)OC2C4C3)cc1.C=C(C)C(=O)OCc1ccc(C(=O)OC2C3CC4C(=O)OC2C4C3)cc1. The number of benzene rings is 2. The molecule has 11 unspecified atom stereocenters. The molecule has 4 bridgehead atoms. The Bertz CT molecular complexity index is 1900. The summed E-state index contributed by atoms with van der Waals surface area (Å²) in [5, 5.41) is 0. The van der Waals surface area contributed by atoms with Crippen LogP contribution >= 0.6 is 0 Å². The Balaban J connectivity index is 0.000000170. The van der Waals surface area contributed by atoms with Crippen molar-refractivity contribution in [1.29, 1.82) is 0 Å². The summed E-state index contributed by atoms with van der Waals surface area (Å²) >= 11 is 0. The molecule has 6 aliphatic rings. The molecular weight excluding hydrogens is 712 g/mol. The quantitative estimate of drug-likeness (QED) is 0.159. The van der Waals surface area contributed by atoms with Crippen LogP contribution in [0.25, 0.3) is 0 Å². The normalized spacial score (nSPS) is 30.3. The molecule has 13 heteroatoms. The fourth-order valence-electron chi connectivity index (χ4n) is 8.82. The molecule has 11 atom stereocenters. The first-order valence-electron chi connectivity index (χ1n) is 18.6. The predicted molar refractivity (Wildman–Crippen MR) is 191 cm³/mol. The fourth-order valence-corrected chi connectivity index (χ4v) is 8.82. The van der Waals surface area contributed by atoms with Crippen LogP contribution in [-0.4, -0.2) is 66.8 Å². The van der Waals surface area contributed by atoms with Gasteiger partial charge in [-0.1, -0.05) is 37.4 Å². The zero-order chi connectivity index (χ0) is 39.1. The molecule has 4 saturated carbocycles. The Labute approximate surface area is 318 Å². The van der Waals surface area contributed by atoms with E-state index in [1.807, 2.05) is 0 Å². The highest BCUT2D eigenvalue weighted by molar-refractivity contribution is 5.90. The van der Waals surface area contributed by atoms with Crippen molar-refractivity contribution >= 4 is 35.8 Å². The van der Waals surface area contributed by atoms with Gasteiger partial charge in [-0.15, -0.1) is 0 Å². The summed E-state index contributed by atoms with van der Waals surface area (Å²) in [6.07, 6.45) is 1.58. The zero-order valence-corrected chi connectivity index (χ0v) is 30.9. The lowest BCUT2D eigenvalue weighted by Crippen LogP contribution is -2.37. The first-order chi connectivity index (χ1) is 26.3. The Morgan fingerprint density at radius 3 is 1.84 bits per heavy atom. The highest BCUT2D eigenvalue weighted by atomic mass is 16.6. The number of carbonyl (C=O) groups is 6. The Kier molecular flexibility index (Phi) is 10.6. The lowest BCUT2D eigenvalue weighted by Gasteiger charge is -2.25. The van der Waals surface area contributed by atoms with Gasteiger partial charge in [0.1, 0.15) is 42.9 Å². The second-order valence-electron chi connectivity index (χ2n) is 15.4. The summed E-state index contributed by atoms with van der Waals surface area (Å²) in [6.45, 7) is 11.9. The summed E-state index contributed by atoms with van der Waals surface area (Å²) in [4.78, 5) is 71.2. The van der Waals surface area contributed by atoms with Crippen LogP contribution < -0.4 is 4.74 Å². The number of ether oxygens (including phenoxy) is 7. The van der Waals surface area contributed by atoms with E-state index < -0.39 is 30.0 Å². The third-order valence-corrected chi connectivity index (χ3v) is 11.6. The van der Waals surface area contributed by atoms with Crippen LogP contribution in [-0.2, 0) is 59.0 Å². The van der Waals surface area contributed by atoms with Crippen molar-refractivity contribution in [3.8, 4) is 5.75 Å².